The van der Waals surface area contributed by atoms with Gasteiger partial charge in [-0.05, 0) is 38.1 Å². The number of furan rings is 1. The second kappa shape index (κ2) is 7.50. The van der Waals surface area contributed by atoms with Crippen molar-refractivity contribution in [1.82, 2.24) is 10.2 Å². The zero-order valence-corrected chi connectivity index (χ0v) is 12.2. The monoisotopic (exact) mass is 281 g/mol. The Balaban J connectivity index is 1.64. The molecule has 2 heterocycles. The molecule has 0 unspecified atom stereocenters. The van der Waals surface area contributed by atoms with Crippen LogP contribution in [0.2, 0.25) is 0 Å². The van der Waals surface area contributed by atoms with E-state index in [0.29, 0.717) is 5.82 Å². The average molecular weight is 281 g/mol. The van der Waals surface area contributed by atoms with Gasteiger partial charge in [-0.1, -0.05) is 6.58 Å². The molecule has 0 saturated carbocycles. The predicted molar refractivity (Wildman–Crippen MR) is 80.7 cm³/mol. The summed E-state index contributed by atoms with van der Waals surface area (Å²) in [5.41, 5.74) is 5.43. The second-order valence-electron chi connectivity index (χ2n) is 4.86. The number of thioether (sulfide) groups is 1. The van der Waals surface area contributed by atoms with Gasteiger partial charge in [-0.15, -0.1) is 0 Å². The first kappa shape index (κ1) is 14.3. The topological polar surface area (TPSA) is 54.4 Å². The molecule has 0 atom stereocenters. The maximum atomic E-state index is 5.85. The quantitative estimate of drug-likeness (QED) is 0.715. The fourth-order valence-electron chi connectivity index (χ4n) is 2.20. The Morgan fingerprint density at radius 2 is 2.11 bits per heavy atom. The normalized spacial score (nSPS) is 15.8. The molecule has 1 aliphatic rings. The minimum absolute atomic E-state index is 0.534. The lowest BCUT2D eigenvalue weighted by Gasteiger charge is -2.11. The molecule has 0 aliphatic carbocycles. The van der Waals surface area contributed by atoms with E-state index in [-0.39, 0.29) is 0 Å². The van der Waals surface area contributed by atoms with Crippen LogP contribution in [0.4, 0.5) is 0 Å². The largest absolute Gasteiger partial charge is 0.464 e. The average Bonchev–Trinajstić information content (AvgIpc) is 3.01. The Labute approximate surface area is 119 Å². The van der Waals surface area contributed by atoms with Gasteiger partial charge in [-0.25, -0.2) is 0 Å². The van der Waals surface area contributed by atoms with Gasteiger partial charge in [0.05, 0.1) is 18.1 Å². The summed E-state index contributed by atoms with van der Waals surface area (Å²) in [7, 11) is 0. The van der Waals surface area contributed by atoms with Crippen molar-refractivity contribution in [3.63, 3.8) is 0 Å². The zero-order chi connectivity index (χ0) is 13.5. The lowest BCUT2D eigenvalue weighted by molar-refractivity contribution is 0.294. The smallest absolute Gasteiger partial charge is 0.118 e. The third-order valence-corrected chi connectivity index (χ3v) is 4.12. The number of likely N-dealkylation sites (tertiary alicyclic amines) is 1. The van der Waals surface area contributed by atoms with Crippen LogP contribution in [-0.2, 0) is 12.3 Å². The van der Waals surface area contributed by atoms with Crippen molar-refractivity contribution in [2.24, 2.45) is 5.73 Å². The number of nitrogens with one attached hydrogen (secondary N) is 1. The van der Waals surface area contributed by atoms with E-state index < -0.39 is 0 Å². The van der Waals surface area contributed by atoms with Gasteiger partial charge in [-0.3, -0.25) is 4.90 Å². The first-order chi connectivity index (χ1) is 9.24. The molecule has 0 aromatic carbocycles. The minimum atomic E-state index is 0.534. The number of hydrogen-bond acceptors (Lipinski definition) is 5. The van der Waals surface area contributed by atoms with Gasteiger partial charge in [0.2, 0.25) is 0 Å². The van der Waals surface area contributed by atoms with Crippen LogP contribution in [0.15, 0.2) is 28.9 Å². The number of rotatable bonds is 8. The Morgan fingerprint density at radius 3 is 2.84 bits per heavy atom. The van der Waals surface area contributed by atoms with Crippen LogP contribution in [0.25, 0.3) is 0 Å². The summed E-state index contributed by atoms with van der Waals surface area (Å²) in [5, 5.41) is 3.01. The lowest BCUT2D eigenvalue weighted by atomic mass is 10.4. The summed E-state index contributed by atoms with van der Waals surface area (Å²) < 4.78 is 5.85. The standard InChI is InChI=1S/C14H23N3OS/c1-12(15)16-6-9-19-11-14-5-4-13(18-14)10-17-7-2-3-8-17/h4-5,16H,1-3,6-11,15H2. The molecule has 0 amide bonds. The molecule has 0 radical (unpaired) electrons. The van der Waals surface area contributed by atoms with Crippen LogP contribution in [0, 0.1) is 0 Å². The first-order valence-corrected chi connectivity index (χ1v) is 7.95. The van der Waals surface area contributed by atoms with Gasteiger partial charge in [0, 0.05) is 12.3 Å². The number of hydrogen-bond donors (Lipinski definition) is 2. The Hall–Kier alpha value is -1.07. The second-order valence-corrected chi connectivity index (χ2v) is 5.96. The molecule has 2 rings (SSSR count). The van der Waals surface area contributed by atoms with E-state index in [1.54, 1.807) is 0 Å². The summed E-state index contributed by atoms with van der Waals surface area (Å²) >= 11 is 1.84. The molecule has 1 aromatic heterocycles. The number of nitrogens with two attached hydrogens (primary N) is 1. The van der Waals surface area contributed by atoms with Crippen LogP contribution < -0.4 is 11.1 Å². The van der Waals surface area contributed by atoms with Crippen LogP contribution in [-0.4, -0.2) is 30.3 Å². The minimum Gasteiger partial charge on any atom is -0.464 e. The van der Waals surface area contributed by atoms with E-state index in [2.05, 4.69) is 28.9 Å². The highest BCUT2D eigenvalue weighted by Crippen LogP contribution is 2.18. The van der Waals surface area contributed by atoms with Gasteiger partial charge in [-0.2, -0.15) is 11.8 Å². The molecule has 5 heteroatoms. The van der Waals surface area contributed by atoms with Crippen molar-refractivity contribution < 1.29 is 4.42 Å². The molecule has 1 aromatic rings. The van der Waals surface area contributed by atoms with Crippen molar-refractivity contribution in [1.29, 1.82) is 0 Å². The van der Waals surface area contributed by atoms with Crippen molar-refractivity contribution in [2.75, 3.05) is 25.4 Å². The van der Waals surface area contributed by atoms with Crippen molar-refractivity contribution in [3.05, 3.63) is 36.1 Å². The Morgan fingerprint density at radius 1 is 1.37 bits per heavy atom. The molecule has 19 heavy (non-hydrogen) atoms. The van der Waals surface area contributed by atoms with E-state index in [9.17, 15) is 0 Å². The summed E-state index contributed by atoms with van der Waals surface area (Å²) in [6.07, 6.45) is 2.64. The summed E-state index contributed by atoms with van der Waals surface area (Å²) in [5.74, 6) is 4.60. The summed E-state index contributed by atoms with van der Waals surface area (Å²) in [6, 6.07) is 4.20. The van der Waals surface area contributed by atoms with Crippen molar-refractivity contribution >= 4 is 11.8 Å². The van der Waals surface area contributed by atoms with Gasteiger partial charge < -0.3 is 15.5 Å². The van der Waals surface area contributed by atoms with E-state index in [1.807, 2.05) is 11.8 Å². The molecule has 1 saturated heterocycles. The third-order valence-electron chi connectivity index (χ3n) is 3.14. The van der Waals surface area contributed by atoms with E-state index in [0.717, 1.165) is 36.1 Å². The Bertz CT molecular complexity index is 399. The van der Waals surface area contributed by atoms with Crippen molar-refractivity contribution in [3.8, 4) is 0 Å². The highest BCUT2D eigenvalue weighted by Gasteiger charge is 2.13. The van der Waals surface area contributed by atoms with Gasteiger partial charge in [0.1, 0.15) is 11.5 Å². The SMILES string of the molecule is C=C(N)NCCSCc1ccc(CN2CCCC2)o1. The molecule has 1 aliphatic heterocycles. The highest BCUT2D eigenvalue weighted by atomic mass is 32.2. The fraction of sp³-hybridized carbons (Fsp3) is 0.571. The first-order valence-electron chi connectivity index (χ1n) is 6.80. The zero-order valence-electron chi connectivity index (χ0n) is 11.4. The fourth-order valence-corrected chi connectivity index (χ4v) is 2.95. The molecular formula is C14H23N3OS. The molecule has 1 fully saturated rings. The molecular weight excluding hydrogens is 258 g/mol. The molecule has 0 spiro atoms. The van der Waals surface area contributed by atoms with Crippen molar-refractivity contribution in [2.45, 2.75) is 25.1 Å². The molecule has 106 valence electrons. The van der Waals surface area contributed by atoms with Gasteiger partial charge >= 0.3 is 0 Å². The van der Waals surface area contributed by atoms with E-state index in [4.69, 9.17) is 10.2 Å². The van der Waals surface area contributed by atoms with E-state index in [1.165, 1.54) is 25.9 Å². The highest BCUT2D eigenvalue weighted by molar-refractivity contribution is 7.98. The summed E-state index contributed by atoms with van der Waals surface area (Å²) in [6.45, 7) is 7.82. The Kier molecular flexibility index (Phi) is 5.66. The number of nitrogens with zero attached hydrogens (tertiary/aromatic N) is 1. The molecule has 4 nitrogen and oxygen atoms in total. The van der Waals surface area contributed by atoms with Gasteiger partial charge in [0.15, 0.2) is 0 Å². The van der Waals surface area contributed by atoms with Gasteiger partial charge in [0.25, 0.3) is 0 Å². The maximum Gasteiger partial charge on any atom is 0.118 e. The maximum absolute atomic E-state index is 5.85. The summed E-state index contributed by atoms with van der Waals surface area (Å²) in [4.78, 5) is 2.45. The molecule has 0 bridgehead atoms. The lowest BCUT2D eigenvalue weighted by Crippen LogP contribution is -2.21. The van der Waals surface area contributed by atoms with E-state index >= 15 is 0 Å². The van der Waals surface area contributed by atoms with Crippen LogP contribution in [0.1, 0.15) is 24.4 Å². The predicted octanol–water partition coefficient (Wildman–Crippen LogP) is 2.13. The van der Waals surface area contributed by atoms with Crippen LogP contribution in [0.5, 0.6) is 0 Å². The molecule has 3 N–H and O–H groups in total. The third kappa shape index (κ3) is 5.20. The van der Waals surface area contributed by atoms with Crippen LogP contribution >= 0.6 is 11.8 Å². The van der Waals surface area contributed by atoms with Crippen LogP contribution in [0.3, 0.4) is 0 Å².